The van der Waals surface area contributed by atoms with Crippen LogP contribution in [0.3, 0.4) is 0 Å². The van der Waals surface area contributed by atoms with Gasteiger partial charge in [0, 0.05) is 0 Å². The molecule has 3 atom stereocenters. The fourth-order valence-electron chi connectivity index (χ4n) is 1.82. The lowest BCUT2D eigenvalue weighted by atomic mass is 10.1. The van der Waals surface area contributed by atoms with E-state index in [-0.39, 0.29) is 17.8 Å². The lowest BCUT2D eigenvalue weighted by molar-refractivity contribution is -0.123. The Morgan fingerprint density at radius 2 is 1.95 bits per heavy atom. The van der Waals surface area contributed by atoms with E-state index in [0.717, 1.165) is 5.56 Å². The van der Waals surface area contributed by atoms with Gasteiger partial charge in [0.25, 0.3) is 0 Å². The van der Waals surface area contributed by atoms with Crippen LogP contribution in [-0.4, -0.2) is 27.0 Å². The molecule has 20 heavy (non-hydrogen) atoms. The maximum Gasteiger partial charge on any atom is 0.245 e. The summed E-state index contributed by atoms with van der Waals surface area (Å²) < 4.78 is 12.0. The molecular formula is C14H17FN2O2S. The highest BCUT2D eigenvalue weighted by Crippen LogP contribution is 2.35. The number of hydrogen-bond acceptors (Lipinski definition) is 4. The topological polar surface area (TPSA) is 61.7 Å². The SMILES string of the molecule is CC(O)[C@@]1(C)SC(=N[C@@H](C)c2ccc(F)cc2)NC1=O. The van der Waals surface area contributed by atoms with E-state index in [1.165, 1.54) is 23.9 Å². The Morgan fingerprint density at radius 1 is 1.35 bits per heavy atom. The Morgan fingerprint density at radius 3 is 2.45 bits per heavy atom. The summed E-state index contributed by atoms with van der Waals surface area (Å²) in [6, 6.07) is 5.90. The smallest absolute Gasteiger partial charge is 0.245 e. The molecule has 0 spiro atoms. The summed E-state index contributed by atoms with van der Waals surface area (Å²) in [6.07, 6.45) is -0.777. The number of thioether (sulfide) groups is 1. The molecule has 2 rings (SSSR count). The first-order valence-electron chi connectivity index (χ1n) is 6.34. The molecule has 1 aliphatic rings. The van der Waals surface area contributed by atoms with Gasteiger partial charge in [0.1, 0.15) is 10.6 Å². The van der Waals surface area contributed by atoms with Gasteiger partial charge in [-0.3, -0.25) is 9.79 Å². The number of halogens is 1. The van der Waals surface area contributed by atoms with Crippen molar-refractivity contribution in [2.24, 2.45) is 4.99 Å². The summed E-state index contributed by atoms with van der Waals surface area (Å²) in [5.41, 5.74) is 0.861. The zero-order valence-electron chi connectivity index (χ0n) is 11.6. The molecule has 0 saturated carbocycles. The highest BCUT2D eigenvalue weighted by atomic mass is 32.2. The predicted molar refractivity (Wildman–Crippen MR) is 78.1 cm³/mol. The Kier molecular flexibility index (Phi) is 4.15. The number of carbonyl (C=O) groups is 1. The fraction of sp³-hybridized carbons (Fsp3) is 0.429. The monoisotopic (exact) mass is 296 g/mol. The number of benzene rings is 1. The second-order valence-corrected chi connectivity index (χ2v) is 6.44. The first-order valence-corrected chi connectivity index (χ1v) is 7.16. The van der Waals surface area contributed by atoms with Crippen molar-refractivity contribution in [2.45, 2.75) is 37.7 Å². The van der Waals surface area contributed by atoms with E-state index in [4.69, 9.17) is 0 Å². The first kappa shape index (κ1) is 15.0. The third-order valence-corrected chi connectivity index (χ3v) is 4.79. The van der Waals surface area contributed by atoms with Crippen LogP contribution in [0, 0.1) is 5.82 Å². The molecule has 1 aromatic rings. The van der Waals surface area contributed by atoms with E-state index in [0.29, 0.717) is 5.17 Å². The number of aliphatic hydroxyl groups excluding tert-OH is 1. The van der Waals surface area contributed by atoms with Crippen LogP contribution in [-0.2, 0) is 4.79 Å². The molecule has 1 aliphatic heterocycles. The fourth-order valence-corrected chi connectivity index (χ4v) is 2.89. The van der Waals surface area contributed by atoms with Gasteiger partial charge in [0.15, 0.2) is 5.17 Å². The van der Waals surface area contributed by atoms with Gasteiger partial charge in [0.2, 0.25) is 5.91 Å². The molecule has 1 saturated heterocycles. The number of aliphatic hydroxyl groups is 1. The molecule has 1 unspecified atom stereocenters. The van der Waals surface area contributed by atoms with E-state index < -0.39 is 10.9 Å². The predicted octanol–water partition coefficient (Wildman–Crippen LogP) is 2.25. The molecule has 1 heterocycles. The van der Waals surface area contributed by atoms with Gasteiger partial charge < -0.3 is 10.4 Å². The lowest BCUT2D eigenvalue weighted by Gasteiger charge is -2.21. The Labute approximate surface area is 121 Å². The van der Waals surface area contributed by atoms with Crippen molar-refractivity contribution >= 4 is 22.8 Å². The highest BCUT2D eigenvalue weighted by molar-refractivity contribution is 8.16. The minimum atomic E-state index is -0.915. The summed E-state index contributed by atoms with van der Waals surface area (Å²) in [7, 11) is 0. The molecule has 0 bridgehead atoms. The second kappa shape index (κ2) is 5.54. The molecule has 4 nitrogen and oxygen atoms in total. The second-order valence-electron chi connectivity index (χ2n) is 5.00. The number of amides is 1. The molecule has 1 aromatic carbocycles. The maximum absolute atomic E-state index is 12.9. The standard InChI is InChI=1S/C14H17FN2O2S/c1-8(10-4-6-11(15)7-5-10)16-13-17-12(19)14(3,20-13)9(2)18/h4-9,18H,1-3H3,(H,16,17,19)/t8-,9?,14+/m0/s1. The quantitative estimate of drug-likeness (QED) is 0.899. The molecule has 0 aliphatic carbocycles. The van der Waals surface area contributed by atoms with Gasteiger partial charge in [-0.2, -0.15) is 0 Å². The van der Waals surface area contributed by atoms with E-state index >= 15 is 0 Å². The van der Waals surface area contributed by atoms with Crippen molar-refractivity contribution in [3.05, 3.63) is 35.6 Å². The van der Waals surface area contributed by atoms with E-state index in [1.807, 2.05) is 6.92 Å². The Balaban J connectivity index is 2.16. The van der Waals surface area contributed by atoms with Crippen molar-refractivity contribution in [2.75, 3.05) is 0 Å². The van der Waals surface area contributed by atoms with Gasteiger partial charge in [0.05, 0.1) is 12.1 Å². The summed E-state index contributed by atoms with van der Waals surface area (Å²) in [6.45, 7) is 5.13. The number of hydrogen-bond donors (Lipinski definition) is 2. The van der Waals surface area contributed by atoms with Crippen molar-refractivity contribution < 1.29 is 14.3 Å². The third-order valence-electron chi connectivity index (χ3n) is 3.44. The molecule has 6 heteroatoms. The molecule has 0 radical (unpaired) electrons. The summed E-state index contributed by atoms with van der Waals surface area (Å²) in [5, 5.41) is 12.9. The minimum Gasteiger partial charge on any atom is -0.391 e. The zero-order chi connectivity index (χ0) is 14.9. The van der Waals surface area contributed by atoms with E-state index in [1.54, 1.807) is 26.0 Å². The summed E-state index contributed by atoms with van der Waals surface area (Å²) >= 11 is 1.22. The maximum atomic E-state index is 12.9. The normalized spacial score (nSPS) is 27.4. The number of amidine groups is 1. The molecule has 108 valence electrons. The first-order chi connectivity index (χ1) is 9.33. The van der Waals surface area contributed by atoms with Crippen molar-refractivity contribution in [3.8, 4) is 0 Å². The number of carbonyl (C=O) groups excluding carboxylic acids is 1. The summed E-state index contributed by atoms with van der Waals surface area (Å²) in [4.78, 5) is 16.3. The van der Waals surface area contributed by atoms with Crippen molar-refractivity contribution in [1.29, 1.82) is 0 Å². The summed E-state index contributed by atoms with van der Waals surface area (Å²) in [5.74, 6) is -0.540. The van der Waals surface area contributed by atoms with Crippen LogP contribution in [0.2, 0.25) is 0 Å². The Hall–Kier alpha value is -1.40. The zero-order valence-corrected chi connectivity index (χ0v) is 12.4. The number of nitrogens with one attached hydrogen (secondary N) is 1. The highest BCUT2D eigenvalue weighted by Gasteiger charge is 2.46. The largest absolute Gasteiger partial charge is 0.391 e. The number of nitrogens with zero attached hydrogens (tertiary/aromatic N) is 1. The van der Waals surface area contributed by atoms with Gasteiger partial charge >= 0.3 is 0 Å². The number of rotatable bonds is 3. The van der Waals surface area contributed by atoms with Crippen molar-refractivity contribution in [3.63, 3.8) is 0 Å². The minimum absolute atomic E-state index is 0.199. The van der Waals surface area contributed by atoms with Gasteiger partial charge in [-0.1, -0.05) is 23.9 Å². The average molecular weight is 296 g/mol. The van der Waals surface area contributed by atoms with Crippen LogP contribution in [0.25, 0.3) is 0 Å². The van der Waals surface area contributed by atoms with Gasteiger partial charge in [-0.25, -0.2) is 4.39 Å². The molecule has 1 amide bonds. The van der Waals surface area contributed by atoms with Crippen LogP contribution in [0.5, 0.6) is 0 Å². The van der Waals surface area contributed by atoms with Crippen LogP contribution in [0.15, 0.2) is 29.3 Å². The van der Waals surface area contributed by atoms with Crippen LogP contribution < -0.4 is 5.32 Å². The van der Waals surface area contributed by atoms with Crippen LogP contribution >= 0.6 is 11.8 Å². The lowest BCUT2D eigenvalue weighted by Crippen LogP contribution is -2.42. The Bertz CT molecular complexity index is 545. The molecule has 0 aromatic heterocycles. The van der Waals surface area contributed by atoms with E-state index in [9.17, 15) is 14.3 Å². The molecule has 1 fully saturated rings. The average Bonchev–Trinajstić information content (AvgIpc) is 2.66. The number of aliphatic imine (C=N–C) groups is 1. The van der Waals surface area contributed by atoms with Crippen molar-refractivity contribution in [1.82, 2.24) is 5.32 Å². The third kappa shape index (κ3) is 2.86. The molecular weight excluding hydrogens is 279 g/mol. The van der Waals surface area contributed by atoms with Gasteiger partial charge in [-0.05, 0) is 38.5 Å². The van der Waals surface area contributed by atoms with E-state index in [2.05, 4.69) is 10.3 Å². The van der Waals surface area contributed by atoms with Gasteiger partial charge in [-0.15, -0.1) is 0 Å². The van der Waals surface area contributed by atoms with Crippen LogP contribution in [0.4, 0.5) is 4.39 Å². The van der Waals surface area contributed by atoms with Crippen LogP contribution in [0.1, 0.15) is 32.4 Å². The molecule has 2 N–H and O–H groups in total.